The molecule has 0 bridgehead atoms. The molecule has 0 saturated carbocycles. The molecule has 1 aromatic carbocycles. The molecule has 18 heavy (non-hydrogen) atoms. The van der Waals surface area contributed by atoms with E-state index >= 15 is 0 Å². The van der Waals surface area contributed by atoms with Gasteiger partial charge in [0.25, 0.3) is 0 Å². The van der Waals surface area contributed by atoms with Crippen LogP contribution in [0.15, 0.2) is 39.3 Å². The predicted molar refractivity (Wildman–Crippen MR) is 79.2 cm³/mol. The summed E-state index contributed by atoms with van der Waals surface area (Å²) in [5.74, 6) is 0.769. The molecule has 0 fully saturated rings. The van der Waals surface area contributed by atoms with Gasteiger partial charge in [0.1, 0.15) is 5.75 Å². The average Bonchev–Trinajstić information content (AvgIpc) is 2.38. The van der Waals surface area contributed by atoms with E-state index in [1.165, 1.54) is 11.3 Å². The Labute approximate surface area is 116 Å². The first-order chi connectivity index (χ1) is 8.67. The van der Waals surface area contributed by atoms with Crippen molar-refractivity contribution < 1.29 is 4.74 Å². The smallest absolute Gasteiger partial charge is 0.185 e. The van der Waals surface area contributed by atoms with Gasteiger partial charge >= 0.3 is 0 Å². The topological polar surface area (TPSA) is 26.3 Å². The maximum Gasteiger partial charge on any atom is 0.185 e. The highest BCUT2D eigenvalue weighted by Crippen LogP contribution is 2.34. The largest absolute Gasteiger partial charge is 0.496 e. The van der Waals surface area contributed by atoms with Crippen molar-refractivity contribution in [2.45, 2.75) is 17.6 Å². The molecule has 0 radical (unpaired) electrons. The van der Waals surface area contributed by atoms with Crippen LogP contribution in [-0.4, -0.2) is 7.11 Å². The maximum absolute atomic E-state index is 12.0. The van der Waals surface area contributed by atoms with Crippen LogP contribution < -0.4 is 10.2 Å². The van der Waals surface area contributed by atoms with Crippen LogP contribution >= 0.6 is 24.0 Å². The molecule has 4 heteroatoms. The third-order valence-corrected chi connectivity index (χ3v) is 4.29. The number of hydrogen-bond donors (Lipinski definition) is 1. The van der Waals surface area contributed by atoms with E-state index in [9.17, 15) is 4.79 Å². The van der Waals surface area contributed by atoms with Crippen LogP contribution in [0.4, 0.5) is 0 Å². The summed E-state index contributed by atoms with van der Waals surface area (Å²) in [7, 11) is 1.63. The van der Waals surface area contributed by atoms with E-state index in [0.29, 0.717) is 6.42 Å². The fourth-order valence-electron chi connectivity index (χ4n) is 1.81. The zero-order valence-electron chi connectivity index (χ0n) is 10.3. The molecule has 0 atom stereocenters. The SMILES string of the molecule is CCc1c(S)sc(-c2ccccc2OC)cc1=O. The summed E-state index contributed by atoms with van der Waals surface area (Å²) in [6, 6.07) is 9.34. The van der Waals surface area contributed by atoms with Crippen molar-refractivity contribution in [1.82, 2.24) is 0 Å². The third-order valence-electron chi connectivity index (χ3n) is 2.75. The van der Waals surface area contributed by atoms with Crippen LogP contribution in [0.25, 0.3) is 10.4 Å². The summed E-state index contributed by atoms with van der Waals surface area (Å²) >= 11 is 5.92. The normalized spacial score (nSPS) is 10.4. The Bertz CT molecular complexity index is 617. The molecule has 2 aromatic rings. The molecule has 1 aromatic heterocycles. The van der Waals surface area contributed by atoms with Gasteiger partial charge in [0, 0.05) is 22.1 Å². The van der Waals surface area contributed by atoms with E-state index in [2.05, 4.69) is 12.6 Å². The molecule has 1 heterocycles. The van der Waals surface area contributed by atoms with E-state index in [1.807, 2.05) is 31.2 Å². The van der Waals surface area contributed by atoms with Crippen molar-refractivity contribution in [2.75, 3.05) is 7.11 Å². The number of methoxy groups -OCH3 is 1. The fraction of sp³-hybridized carbons (Fsp3) is 0.214. The molecule has 0 aliphatic carbocycles. The summed E-state index contributed by atoms with van der Waals surface area (Å²) in [5.41, 5.74) is 1.75. The van der Waals surface area contributed by atoms with Crippen molar-refractivity contribution in [2.24, 2.45) is 0 Å². The van der Waals surface area contributed by atoms with Crippen LogP contribution in [0.3, 0.4) is 0 Å². The van der Waals surface area contributed by atoms with Gasteiger partial charge in [0.15, 0.2) is 5.43 Å². The monoisotopic (exact) mass is 278 g/mol. The van der Waals surface area contributed by atoms with E-state index in [0.717, 1.165) is 26.0 Å². The quantitative estimate of drug-likeness (QED) is 0.868. The molecule has 94 valence electrons. The Balaban J connectivity index is 2.62. The van der Waals surface area contributed by atoms with Crippen LogP contribution in [0, 0.1) is 0 Å². The Morgan fingerprint density at radius 2 is 2.06 bits per heavy atom. The zero-order chi connectivity index (χ0) is 13.1. The Kier molecular flexibility index (Phi) is 4.09. The van der Waals surface area contributed by atoms with Gasteiger partial charge in [-0.2, -0.15) is 0 Å². The highest BCUT2D eigenvalue weighted by atomic mass is 32.2. The zero-order valence-corrected chi connectivity index (χ0v) is 12.0. The van der Waals surface area contributed by atoms with Crippen molar-refractivity contribution in [3.8, 4) is 16.2 Å². The number of benzene rings is 1. The highest BCUT2D eigenvalue weighted by molar-refractivity contribution is 7.83. The molecular weight excluding hydrogens is 264 g/mol. The fourth-order valence-corrected chi connectivity index (χ4v) is 3.40. The summed E-state index contributed by atoms with van der Waals surface area (Å²) in [6.45, 7) is 1.96. The molecule has 0 N–H and O–H groups in total. The van der Waals surface area contributed by atoms with Gasteiger partial charge in [-0.05, 0) is 18.6 Å². The molecule has 0 unspecified atom stereocenters. The summed E-state index contributed by atoms with van der Waals surface area (Å²) in [4.78, 5) is 12.9. The van der Waals surface area contributed by atoms with Gasteiger partial charge in [-0.1, -0.05) is 19.1 Å². The van der Waals surface area contributed by atoms with Crippen molar-refractivity contribution in [3.63, 3.8) is 0 Å². The number of ether oxygens (including phenoxy) is 1. The molecule has 0 aliphatic rings. The predicted octanol–water partition coefficient (Wildman–Crippen LogP) is 3.64. The van der Waals surface area contributed by atoms with E-state index in [1.54, 1.807) is 13.2 Å². The molecule has 0 aliphatic heterocycles. The summed E-state index contributed by atoms with van der Waals surface area (Å²) < 4.78 is 6.10. The minimum Gasteiger partial charge on any atom is -0.496 e. The van der Waals surface area contributed by atoms with Gasteiger partial charge in [0.2, 0.25) is 0 Å². The highest BCUT2D eigenvalue weighted by Gasteiger charge is 2.10. The van der Waals surface area contributed by atoms with Crippen LogP contribution in [0.2, 0.25) is 0 Å². The van der Waals surface area contributed by atoms with E-state index in [-0.39, 0.29) is 5.43 Å². The molecular formula is C14H14O2S2. The number of para-hydroxylation sites is 1. The van der Waals surface area contributed by atoms with Gasteiger partial charge in [0.05, 0.1) is 11.3 Å². The third kappa shape index (κ3) is 2.44. The minimum atomic E-state index is 0.0437. The van der Waals surface area contributed by atoms with Gasteiger partial charge in [-0.15, -0.1) is 24.0 Å². The lowest BCUT2D eigenvalue weighted by atomic mass is 10.1. The van der Waals surface area contributed by atoms with Crippen LogP contribution in [0.1, 0.15) is 12.5 Å². The van der Waals surface area contributed by atoms with Crippen LogP contribution in [-0.2, 0) is 6.42 Å². The minimum absolute atomic E-state index is 0.0437. The second-order valence-electron chi connectivity index (χ2n) is 3.81. The van der Waals surface area contributed by atoms with Crippen LogP contribution in [0.5, 0.6) is 5.75 Å². The number of rotatable bonds is 3. The lowest BCUT2D eigenvalue weighted by molar-refractivity contribution is 0.416. The molecule has 0 spiro atoms. The first kappa shape index (κ1) is 13.2. The average molecular weight is 278 g/mol. The van der Waals surface area contributed by atoms with Gasteiger partial charge < -0.3 is 4.74 Å². The van der Waals surface area contributed by atoms with Crippen molar-refractivity contribution in [3.05, 3.63) is 46.1 Å². The van der Waals surface area contributed by atoms with E-state index in [4.69, 9.17) is 4.74 Å². The first-order valence-corrected chi connectivity index (χ1v) is 6.93. The Hall–Kier alpha value is -1.26. The lowest BCUT2D eigenvalue weighted by Crippen LogP contribution is -2.06. The van der Waals surface area contributed by atoms with Gasteiger partial charge in [-0.25, -0.2) is 0 Å². The first-order valence-electron chi connectivity index (χ1n) is 5.66. The summed E-state index contributed by atoms with van der Waals surface area (Å²) in [6.07, 6.45) is 0.709. The molecule has 2 nitrogen and oxygen atoms in total. The van der Waals surface area contributed by atoms with Gasteiger partial charge in [-0.3, -0.25) is 4.79 Å². The second kappa shape index (κ2) is 5.59. The summed E-state index contributed by atoms with van der Waals surface area (Å²) in [5, 5.41) is 0. The number of thiol groups is 1. The second-order valence-corrected chi connectivity index (χ2v) is 5.61. The Morgan fingerprint density at radius 3 is 2.67 bits per heavy atom. The molecule has 2 rings (SSSR count). The molecule has 0 saturated heterocycles. The van der Waals surface area contributed by atoms with Crippen molar-refractivity contribution >= 4 is 24.0 Å². The maximum atomic E-state index is 12.0. The Morgan fingerprint density at radius 1 is 1.33 bits per heavy atom. The van der Waals surface area contributed by atoms with Crippen molar-refractivity contribution in [1.29, 1.82) is 0 Å². The van der Waals surface area contributed by atoms with E-state index < -0.39 is 0 Å². The standard InChI is InChI=1S/C14H14O2S2/c1-3-9-11(15)8-13(18-14(9)17)10-6-4-5-7-12(10)16-2/h4-8,17H,3H2,1-2H3. The lowest BCUT2D eigenvalue weighted by Gasteiger charge is -2.09. The number of hydrogen-bond acceptors (Lipinski definition) is 4. The molecule has 0 amide bonds.